The zero-order valence-corrected chi connectivity index (χ0v) is 20.9. The Balaban J connectivity index is 1.61. The molecule has 0 radical (unpaired) electrons. The van der Waals surface area contributed by atoms with Crippen molar-refractivity contribution in [1.82, 2.24) is 20.5 Å². The topological polar surface area (TPSA) is 101 Å². The summed E-state index contributed by atoms with van der Waals surface area (Å²) in [5.74, 6) is -0.801. The second kappa shape index (κ2) is 9.32. The number of nitriles is 1. The number of aromatic hydroxyl groups is 1. The van der Waals surface area contributed by atoms with Crippen LogP contribution in [0.5, 0.6) is 5.75 Å². The van der Waals surface area contributed by atoms with Crippen LogP contribution in [0, 0.1) is 24.1 Å². The third-order valence-electron chi connectivity index (χ3n) is 6.76. The maximum atomic E-state index is 15.1. The molecule has 0 atom stereocenters. The molecule has 6 rings (SSSR count). The molecule has 2 aromatic carbocycles. The number of nitrogens with one attached hydrogen (secondary N) is 2. The molecule has 0 bridgehead atoms. The average molecular weight is 511 g/mol. The van der Waals surface area contributed by atoms with E-state index in [4.69, 9.17) is 0 Å². The van der Waals surface area contributed by atoms with Crippen molar-refractivity contribution in [2.75, 3.05) is 31.1 Å². The van der Waals surface area contributed by atoms with Crippen LogP contribution in [0.1, 0.15) is 11.1 Å². The number of hydrogen-bond donors (Lipinski definition) is 3. The van der Waals surface area contributed by atoms with Gasteiger partial charge in [0.15, 0.2) is 5.65 Å². The van der Waals surface area contributed by atoms with Crippen LogP contribution in [0.25, 0.3) is 44.0 Å². The summed E-state index contributed by atoms with van der Waals surface area (Å²) in [7, 11) is 0. The molecule has 37 heavy (non-hydrogen) atoms. The number of benzene rings is 2. The number of phenolic OH excluding ortho intramolecular Hbond substituents is 1. The summed E-state index contributed by atoms with van der Waals surface area (Å²) >= 11 is 1.56. The number of halogens is 1. The van der Waals surface area contributed by atoms with E-state index in [2.05, 4.69) is 43.6 Å². The van der Waals surface area contributed by atoms with E-state index >= 15 is 4.39 Å². The van der Waals surface area contributed by atoms with Gasteiger partial charge in [-0.3, -0.25) is 5.10 Å². The normalized spacial score (nSPS) is 13.7. The van der Waals surface area contributed by atoms with Crippen molar-refractivity contribution in [2.45, 2.75) is 6.92 Å². The number of rotatable bonds is 4. The van der Waals surface area contributed by atoms with Crippen LogP contribution in [0.2, 0.25) is 0 Å². The van der Waals surface area contributed by atoms with Crippen molar-refractivity contribution in [3.63, 3.8) is 0 Å². The van der Waals surface area contributed by atoms with Crippen LogP contribution in [0.3, 0.4) is 0 Å². The Labute approximate surface area is 216 Å². The van der Waals surface area contributed by atoms with Crippen LogP contribution in [0.15, 0.2) is 53.9 Å². The van der Waals surface area contributed by atoms with Gasteiger partial charge in [0.25, 0.3) is 0 Å². The molecule has 184 valence electrons. The lowest BCUT2D eigenvalue weighted by molar-refractivity contribution is 0.465. The van der Waals surface area contributed by atoms with Crippen molar-refractivity contribution in [3.8, 4) is 44.8 Å². The molecule has 5 aromatic rings. The summed E-state index contributed by atoms with van der Waals surface area (Å²) in [4.78, 5) is 7.94. The molecule has 4 heterocycles. The number of hydrogen-bond acceptors (Lipinski definition) is 7. The Morgan fingerprint density at radius 2 is 1.92 bits per heavy atom. The van der Waals surface area contributed by atoms with E-state index in [-0.39, 0.29) is 22.6 Å². The van der Waals surface area contributed by atoms with Gasteiger partial charge in [-0.05, 0) is 47.7 Å². The zero-order chi connectivity index (χ0) is 25.5. The predicted molar refractivity (Wildman–Crippen MR) is 144 cm³/mol. The molecule has 7 nitrogen and oxygen atoms in total. The first-order valence-electron chi connectivity index (χ1n) is 12.0. The number of thiophene rings is 1. The summed E-state index contributed by atoms with van der Waals surface area (Å²) in [5.41, 5.74) is 4.83. The van der Waals surface area contributed by atoms with Gasteiger partial charge in [-0.1, -0.05) is 18.2 Å². The van der Waals surface area contributed by atoms with Gasteiger partial charge in [-0.2, -0.15) is 10.4 Å². The average Bonchev–Trinajstić information content (AvgIpc) is 3.60. The monoisotopic (exact) mass is 510 g/mol. The number of H-pyrrole nitrogens is 1. The number of aromatic amines is 1. The highest BCUT2D eigenvalue weighted by molar-refractivity contribution is 7.13. The molecule has 9 heteroatoms. The molecule has 0 aliphatic carbocycles. The van der Waals surface area contributed by atoms with E-state index in [1.54, 1.807) is 18.3 Å². The van der Waals surface area contributed by atoms with Gasteiger partial charge in [0.1, 0.15) is 17.6 Å². The van der Waals surface area contributed by atoms with Gasteiger partial charge in [0.2, 0.25) is 0 Å². The molecular formula is C28H23FN6OS. The molecule has 1 saturated heterocycles. The first-order valence-corrected chi connectivity index (χ1v) is 12.8. The maximum Gasteiger partial charge on any atom is 0.182 e. The Bertz CT molecular complexity index is 1650. The fraction of sp³-hybridized carbons (Fsp3) is 0.179. The highest BCUT2D eigenvalue weighted by Gasteiger charge is 2.25. The van der Waals surface area contributed by atoms with E-state index < -0.39 is 5.82 Å². The molecule has 1 aliphatic rings. The molecule has 3 aromatic heterocycles. The minimum absolute atomic E-state index is 0.146. The number of pyridine rings is 1. The molecular weight excluding hydrogens is 487 g/mol. The van der Waals surface area contributed by atoms with Crippen molar-refractivity contribution in [1.29, 1.82) is 5.26 Å². The minimum atomic E-state index is -0.652. The van der Waals surface area contributed by atoms with Gasteiger partial charge in [-0.25, -0.2) is 9.37 Å². The molecule has 0 unspecified atom stereocenters. The summed E-state index contributed by atoms with van der Waals surface area (Å²) in [5, 5.41) is 34.0. The van der Waals surface area contributed by atoms with Crippen LogP contribution < -0.4 is 10.2 Å². The first kappa shape index (κ1) is 23.2. The lowest BCUT2D eigenvalue weighted by Gasteiger charge is -2.29. The number of aryl methyl sites for hydroxylation is 1. The van der Waals surface area contributed by atoms with E-state index in [9.17, 15) is 10.4 Å². The quantitative estimate of drug-likeness (QED) is 0.297. The Morgan fingerprint density at radius 1 is 1.14 bits per heavy atom. The first-order chi connectivity index (χ1) is 18.0. The van der Waals surface area contributed by atoms with E-state index in [0.717, 1.165) is 54.1 Å². The zero-order valence-electron chi connectivity index (χ0n) is 20.0. The molecule has 0 spiro atoms. The fourth-order valence-corrected chi connectivity index (χ4v) is 5.59. The standard InChI is InChI=1S/C28H23FN6OS/c1-16-13-19(21(29)14-22(16)36)26-20(15-30)24(17-4-6-18(7-5-17)35-10-8-31-9-11-35)25-27(23-3-2-12-37-23)33-34-28(25)32-26/h2-7,12-14,31,36H,8-11H2,1H3,(H,32,33,34). The smallest absolute Gasteiger partial charge is 0.182 e. The van der Waals surface area contributed by atoms with Gasteiger partial charge in [0.05, 0.1) is 27.2 Å². The molecule has 0 amide bonds. The SMILES string of the molecule is Cc1cc(-c2nc3n[nH]c(-c4cccs4)c3c(-c3ccc(N4CCNCC4)cc3)c2C#N)c(F)cc1O. The van der Waals surface area contributed by atoms with Gasteiger partial charge < -0.3 is 15.3 Å². The highest BCUT2D eigenvalue weighted by Crippen LogP contribution is 2.42. The maximum absolute atomic E-state index is 15.1. The largest absolute Gasteiger partial charge is 0.508 e. The van der Waals surface area contributed by atoms with Gasteiger partial charge in [-0.15, -0.1) is 11.3 Å². The second-order valence-corrected chi connectivity index (χ2v) is 9.95. The van der Waals surface area contributed by atoms with Crippen molar-refractivity contribution in [2.24, 2.45) is 0 Å². The van der Waals surface area contributed by atoms with Crippen molar-refractivity contribution >= 4 is 28.1 Å². The highest BCUT2D eigenvalue weighted by atomic mass is 32.1. The number of phenols is 1. The summed E-state index contributed by atoms with van der Waals surface area (Å²) < 4.78 is 15.1. The second-order valence-electron chi connectivity index (χ2n) is 9.00. The van der Waals surface area contributed by atoms with Crippen LogP contribution in [-0.2, 0) is 0 Å². The summed E-state index contributed by atoms with van der Waals surface area (Å²) in [6.45, 7) is 5.41. The predicted octanol–water partition coefficient (Wildman–Crippen LogP) is 5.45. The lowest BCUT2D eigenvalue weighted by Crippen LogP contribution is -2.43. The van der Waals surface area contributed by atoms with Gasteiger partial charge in [0, 0.05) is 49.1 Å². The molecule has 0 saturated carbocycles. The fourth-order valence-electron chi connectivity index (χ4n) is 4.86. The third kappa shape index (κ3) is 4.00. The van der Waals surface area contributed by atoms with E-state index in [1.165, 1.54) is 6.07 Å². The number of anilines is 1. The Morgan fingerprint density at radius 3 is 2.62 bits per heavy atom. The molecule has 1 aliphatic heterocycles. The van der Waals surface area contributed by atoms with E-state index in [1.807, 2.05) is 29.6 Å². The molecule has 3 N–H and O–H groups in total. The van der Waals surface area contributed by atoms with E-state index in [0.29, 0.717) is 22.2 Å². The minimum Gasteiger partial charge on any atom is -0.508 e. The summed E-state index contributed by atoms with van der Waals surface area (Å²) in [6, 6.07) is 16.9. The number of fused-ring (bicyclic) bond motifs is 1. The number of piperazine rings is 1. The number of nitrogens with zero attached hydrogens (tertiary/aromatic N) is 4. The Kier molecular flexibility index (Phi) is 5.83. The van der Waals surface area contributed by atoms with Crippen molar-refractivity contribution < 1.29 is 9.50 Å². The van der Waals surface area contributed by atoms with Crippen LogP contribution in [0.4, 0.5) is 10.1 Å². The third-order valence-corrected chi connectivity index (χ3v) is 7.65. The number of aromatic nitrogens is 3. The van der Waals surface area contributed by atoms with Gasteiger partial charge >= 0.3 is 0 Å². The molecule has 1 fully saturated rings. The van der Waals surface area contributed by atoms with Crippen LogP contribution >= 0.6 is 11.3 Å². The van der Waals surface area contributed by atoms with Crippen LogP contribution in [-0.4, -0.2) is 46.5 Å². The van der Waals surface area contributed by atoms with Crippen molar-refractivity contribution in [3.05, 3.63) is 70.9 Å². The summed E-state index contributed by atoms with van der Waals surface area (Å²) in [6.07, 6.45) is 0. The Hall–Kier alpha value is -4.26. The lowest BCUT2D eigenvalue weighted by atomic mass is 9.92.